The molecule has 1 atom stereocenters. The Bertz CT molecular complexity index is 688. The molecule has 1 amide bonds. The van der Waals surface area contributed by atoms with Gasteiger partial charge in [-0.1, -0.05) is 42.5 Å². The Labute approximate surface area is 145 Å². The molecule has 3 rings (SSSR count). The molecule has 3 nitrogen and oxygen atoms in total. The van der Waals surface area contributed by atoms with Crippen molar-refractivity contribution in [2.24, 2.45) is 5.92 Å². The first kappa shape index (κ1) is 17.0. The minimum atomic E-state index is 0.161. The lowest BCUT2D eigenvalue weighted by Crippen LogP contribution is -2.44. The van der Waals surface area contributed by atoms with E-state index in [0.717, 1.165) is 45.6 Å². The molecule has 0 aromatic heterocycles. The van der Waals surface area contributed by atoms with Crippen LogP contribution in [0.15, 0.2) is 42.5 Å². The predicted molar refractivity (Wildman–Crippen MR) is 99.9 cm³/mol. The SMILES string of the molecule is CCN(CC)C(=O)C1CCCN(Cc2cccc3ccccc23)C1. The predicted octanol–water partition coefficient (Wildman–Crippen LogP) is 3.92. The normalized spacial score (nSPS) is 18.7. The van der Waals surface area contributed by atoms with Crippen molar-refractivity contribution in [2.75, 3.05) is 26.2 Å². The summed E-state index contributed by atoms with van der Waals surface area (Å²) in [7, 11) is 0. The van der Waals surface area contributed by atoms with Gasteiger partial charge in [-0.2, -0.15) is 0 Å². The second-order valence-corrected chi connectivity index (χ2v) is 6.72. The molecule has 1 saturated heterocycles. The minimum Gasteiger partial charge on any atom is -0.343 e. The fraction of sp³-hybridized carbons (Fsp3) is 0.476. The molecule has 1 aliphatic rings. The number of hydrogen-bond acceptors (Lipinski definition) is 2. The van der Waals surface area contributed by atoms with Crippen molar-refractivity contribution in [3.63, 3.8) is 0 Å². The molecule has 0 aliphatic carbocycles. The molecule has 3 heteroatoms. The zero-order chi connectivity index (χ0) is 16.9. The van der Waals surface area contributed by atoms with Crippen LogP contribution in [0.4, 0.5) is 0 Å². The number of piperidine rings is 1. The summed E-state index contributed by atoms with van der Waals surface area (Å²) in [5.74, 6) is 0.497. The summed E-state index contributed by atoms with van der Waals surface area (Å²) in [5.41, 5.74) is 1.36. The van der Waals surface area contributed by atoms with Crippen molar-refractivity contribution in [2.45, 2.75) is 33.2 Å². The largest absolute Gasteiger partial charge is 0.343 e. The van der Waals surface area contributed by atoms with Crippen molar-refractivity contribution >= 4 is 16.7 Å². The van der Waals surface area contributed by atoms with E-state index in [1.807, 2.05) is 4.90 Å². The summed E-state index contributed by atoms with van der Waals surface area (Å²) in [6, 6.07) is 15.1. The van der Waals surface area contributed by atoms with Gasteiger partial charge >= 0.3 is 0 Å². The summed E-state index contributed by atoms with van der Waals surface area (Å²) in [6.07, 6.45) is 2.14. The van der Waals surface area contributed by atoms with Crippen molar-refractivity contribution in [1.29, 1.82) is 0 Å². The molecule has 2 aromatic rings. The number of carbonyl (C=O) groups is 1. The quantitative estimate of drug-likeness (QED) is 0.832. The Morgan fingerprint density at radius 3 is 2.67 bits per heavy atom. The first-order valence-corrected chi connectivity index (χ1v) is 9.20. The van der Waals surface area contributed by atoms with Gasteiger partial charge in [-0.3, -0.25) is 9.69 Å². The van der Waals surface area contributed by atoms with Gasteiger partial charge in [0, 0.05) is 26.2 Å². The molecule has 0 radical (unpaired) electrons. The number of rotatable bonds is 5. The smallest absolute Gasteiger partial charge is 0.226 e. The molecule has 24 heavy (non-hydrogen) atoms. The zero-order valence-corrected chi connectivity index (χ0v) is 14.9. The number of fused-ring (bicyclic) bond motifs is 1. The van der Waals surface area contributed by atoms with Crippen molar-refractivity contribution in [3.05, 3.63) is 48.0 Å². The lowest BCUT2D eigenvalue weighted by Gasteiger charge is -2.34. The average Bonchev–Trinajstić information content (AvgIpc) is 2.63. The van der Waals surface area contributed by atoms with Gasteiger partial charge in [0.2, 0.25) is 5.91 Å². The molecule has 1 unspecified atom stereocenters. The first-order chi connectivity index (χ1) is 11.7. The summed E-state index contributed by atoms with van der Waals surface area (Å²) in [5, 5.41) is 2.62. The van der Waals surface area contributed by atoms with E-state index in [0.29, 0.717) is 5.91 Å². The van der Waals surface area contributed by atoms with Crippen molar-refractivity contribution in [3.8, 4) is 0 Å². The third kappa shape index (κ3) is 3.62. The summed E-state index contributed by atoms with van der Waals surface area (Å²) in [6.45, 7) is 8.67. The highest BCUT2D eigenvalue weighted by molar-refractivity contribution is 5.85. The maximum absolute atomic E-state index is 12.7. The third-order valence-electron chi connectivity index (χ3n) is 5.20. The number of carbonyl (C=O) groups excluding carboxylic acids is 1. The van der Waals surface area contributed by atoms with Crippen LogP contribution in [0, 0.1) is 5.92 Å². The summed E-state index contributed by atoms with van der Waals surface area (Å²) in [4.78, 5) is 17.1. The number of benzene rings is 2. The average molecular weight is 324 g/mol. The van der Waals surface area contributed by atoms with Crippen molar-refractivity contribution in [1.82, 2.24) is 9.80 Å². The second kappa shape index (κ2) is 7.80. The molecule has 128 valence electrons. The van der Waals surface area contributed by atoms with Gasteiger partial charge in [0.15, 0.2) is 0 Å². The molecule has 1 heterocycles. The Morgan fingerprint density at radius 2 is 1.88 bits per heavy atom. The Balaban J connectivity index is 1.72. The van der Waals surface area contributed by atoms with Gasteiger partial charge < -0.3 is 4.90 Å². The Morgan fingerprint density at radius 1 is 1.12 bits per heavy atom. The summed E-state index contributed by atoms with van der Waals surface area (Å²) < 4.78 is 0. The van der Waals surface area contributed by atoms with Crippen LogP contribution < -0.4 is 0 Å². The number of amides is 1. The van der Waals surface area contributed by atoms with E-state index >= 15 is 0 Å². The van der Waals surface area contributed by atoms with E-state index in [4.69, 9.17) is 0 Å². The molecule has 0 spiro atoms. The van der Waals surface area contributed by atoms with E-state index in [9.17, 15) is 4.79 Å². The van der Waals surface area contributed by atoms with Gasteiger partial charge in [0.05, 0.1) is 5.92 Å². The van der Waals surface area contributed by atoms with E-state index in [-0.39, 0.29) is 5.92 Å². The van der Waals surface area contributed by atoms with Gasteiger partial charge in [0.25, 0.3) is 0 Å². The van der Waals surface area contributed by atoms with Gasteiger partial charge in [-0.05, 0) is 49.6 Å². The molecule has 1 aliphatic heterocycles. The molecular formula is C21H28N2O. The van der Waals surface area contributed by atoms with Crippen molar-refractivity contribution < 1.29 is 4.79 Å². The molecule has 0 saturated carbocycles. The van der Waals surface area contributed by atoms with Crippen LogP contribution in [0.2, 0.25) is 0 Å². The lowest BCUT2D eigenvalue weighted by molar-refractivity contribution is -0.137. The lowest BCUT2D eigenvalue weighted by atomic mass is 9.95. The van der Waals surface area contributed by atoms with E-state index < -0.39 is 0 Å². The molecule has 1 fully saturated rings. The van der Waals surface area contributed by atoms with E-state index in [1.165, 1.54) is 16.3 Å². The number of nitrogens with zero attached hydrogens (tertiary/aromatic N) is 2. The summed E-state index contributed by atoms with van der Waals surface area (Å²) >= 11 is 0. The highest BCUT2D eigenvalue weighted by Gasteiger charge is 2.28. The highest BCUT2D eigenvalue weighted by Crippen LogP contribution is 2.24. The molecular weight excluding hydrogens is 296 g/mol. The molecule has 0 bridgehead atoms. The van der Waals surface area contributed by atoms with Crippen LogP contribution >= 0.6 is 0 Å². The van der Waals surface area contributed by atoms with Crippen LogP contribution in [-0.4, -0.2) is 41.9 Å². The Hall–Kier alpha value is -1.87. The topological polar surface area (TPSA) is 23.6 Å². The minimum absolute atomic E-state index is 0.161. The number of likely N-dealkylation sites (tertiary alicyclic amines) is 1. The zero-order valence-electron chi connectivity index (χ0n) is 14.9. The van der Waals surface area contributed by atoms with Gasteiger partial charge in [-0.15, -0.1) is 0 Å². The van der Waals surface area contributed by atoms with Gasteiger partial charge in [-0.25, -0.2) is 0 Å². The fourth-order valence-electron chi connectivity index (χ4n) is 3.87. The first-order valence-electron chi connectivity index (χ1n) is 9.20. The monoisotopic (exact) mass is 324 g/mol. The highest BCUT2D eigenvalue weighted by atomic mass is 16.2. The molecule has 2 aromatic carbocycles. The molecule has 0 N–H and O–H groups in total. The van der Waals surface area contributed by atoms with Crippen LogP contribution in [-0.2, 0) is 11.3 Å². The third-order valence-corrected chi connectivity index (χ3v) is 5.20. The number of hydrogen-bond donors (Lipinski definition) is 0. The van der Waals surface area contributed by atoms with Crippen LogP contribution in [0.5, 0.6) is 0 Å². The maximum Gasteiger partial charge on any atom is 0.226 e. The van der Waals surface area contributed by atoms with E-state index in [1.54, 1.807) is 0 Å². The second-order valence-electron chi connectivity index (χ2n) is 6.72. The van der Waals surface area contributed by atoms with Gasteiger partial charge in [0.1, 0.15) is 0 Å². The fourth-order valence-corrected chi connectivity index (χ4v) is 3.87. The van der Waals surface area contributed by atoms with E-state index in [2.05, 4.69) is 61.2 Å². The maximum atomic E-state index is 12.7. The van der Waals surface area contributed by atoms with Crippen LogP contribution in [0.1, 0.15) is 32.3 Å². The standard InChI is InChI=1S/C21H28N2O/c1-3-23(4-2)21(24)19-12-8-14-22(16-19)15-18-11-7-10-17-9-5-6-13-20(17)18/h5-7,9-11,13,19H,3-4,8,12,14-16H2,1-2H3. The van der Waals surface area contributed by atoms with Crippen LogP contribution in [0.25, 0.3) is 10.8 Å². The van der Waals surface area contributed by atoms with Crippen LogP contribution in [0.3, 0.4) is 0 Å². The Kier molecular flexibility index (Phi) is 5.52.